The Morgan fingerprint density at radius 2 is 1.84 bits per heavy atom. The lowest BCUT2D eigenvalue weighted by Crippen LogP contribution is -2.64. The largest absolute Gasteiger partial charge is 0.308 e. The standard InChI is InChI=1S/C25H29N3O3/c1-16(2)27(21-14-17(3)10-11-18(21)4)23(30)15-26-24(31)19-8-6-7-9-20(19)28-22(29)12-13-25(26,28)5/h6-11,14,16H,12-13,15H2,1-5H3. The normalized spacial score (nSPS) is 20.2. The first-order valence-corrected chi connectivity index (χ1v) is 10.8. The van der Waals surface area contributed by atoms with Gasteiger partial charge in [-0.1, -0.05) is 24.3 Å². The van der Waals surface area contributed by atoms with Crippen LogP contribution in [0.15, 0.2) is 42.5 Å². The number of para-hydroxylation sites is 1. The average molecular weight is 420 g/mol. The number of aryl methyl sites for hydroxylation is 2. The number of fused-ring (bicyclic) bond motifs is 3. The Morgan fingerprint density at radius 3 is 2.55 bits per heavy atom. The molecule has 1 saturated heterocycles. The number of rotatable bonds is 4. The highest BCUT2D eigenvalue weighted by atomic mass is 16.2. The predicted octanol–water partition coefficient (Wildman–Crippen LogP) is 4.04. The second-order valence-electron chi connectivity index (χ2n) is 9.00. The first-order chi connectivity index (χ1) is 14.6. The van der Waals surface area contributed by atoms with Crippen molar-refractivity contribution in [2.75, 3.05) is 16.3 Å². The number of nitrogens with zero attached hydrogens (tertiary/aromatic N) is 3. The zero-order valence-electron chi connectivity index (χ0n) is 18.8. The number of hydrogen-bond donors (Lipinski definition) is 0. The van der Waals surface area contributed by atoms with E-state index >= 15 is 0 Å². The van der Waals surface area contributed by atoms with Crippen LogP contribution < -0.4 is 9.80 Å². The molecule has 0 aromatic heterocycles. The molecule has 6 nitrogen and oxygen atoms in total. The molecule has 2 heterocycles. The van der Waals surface area contributed by atoms with Gasteiger partial charge in [0, 0.05) is 18.2 Å². The molecule has 2 aromatic rings. The fraction of sp³-hybridized carbons (Fsp3) is 0.400. The predicted molar refractivity (Wildman–Crippen MR) is 121 cm³/mol. The fourth-order valence-corrected chi connectivity index (χ4v) is 4.83. The Kier molecular flexibility index (Phi) is 5.12. The molecule has 1 unspecified atom stereocenters. The maximum absolute atomic E-state index is 13.6. The van der Waals surface area contributed by atoms with Gasteiger partial charge in [0.15, 0.2) is 0 Å². The summed E-state index contributed by atoms with van der Waals surface area (Å²) in [6.45, 7) is 9.73. The van der Waals surface area contributed by atoms with Gasteiger partial charge >= 0.3 is 0 Å². The number of amides is 3. The highest BCUT2D eigenvalue weighted by Crippen LogP contribution is 2.44. The maximum atomic E-state index is 13.6. The van der Waals surface area contributed by atoms with Crippen molar-refractivity contribution in [1.82, 2.24) is 4.90 Å². The molecule has 0 N–H and O–H groups in total. The van der Waals surface area contributed by atoms with Crippen molar-refractivity contribution >= 4 is 29.1 Å². The molecule has 0 spiro atoms. The van der Waals surface area contributed by atoms with Gasteiger partial charge in [0.2, 0.25) is 11.8 Å². The Labute approximate surface area is 183 Å². The summed E-state index contributed by atoms with van der Waals surface area (Å²) < 4.78 is 0. The van der Waals surface area contributed by atoms with E-state index in [1.807, 2.05) is 65.0 Å². The third kappa shape index (κ3) is 3.30. The van der Waals surface area contributed by atoms with E-state index in [-0.39, 0.29) is 30.3 Å². The summed E-state index contributed by atoms with van der Waals surface area (Å²) in [5.41, 5.74) is 3.19. The Bertz CT molecular complexity index is 1080. The first kappa shape index (κ1) is 21.1. The lowest BCUT2D eigenvalue weighted by molar-refractivity contribution is -0.122. The molecule has 0 bridgehead atoms. The van der Waals surface area contributed by atoms with Crippen LogP contribution in [-0.2, 0) is 9.59 Å². The number of carbonyl (C=O) groups excluding carboxylic acids is 3. The van der Waals surface area contributed by atoms with Crippen molar-refractivity contribution < 1.29 is 14.4 Å². The van der Waals surface area contributed by atoms with Crippen LogP contribution in [0.2, 0.25) is 0 Å². The van der Waals surface area contributed by atoms with Gasteiger partial charge in [0.1, 0.15) is 12.2 Å². The van der Waals surface area contributed by atoms with Gasteiger partial charge < -0.3 is 9.80 Å². The highest BCUT2D eigenvalue weighted by molar-refractivity contribution is 6.11. The van der Waals surface area contributed by atoms with Gasteiger partial charge in [0.25, 0.3) is 5.91 Å². The van der Waals surface area contributed by atoms with Crippen molar-refractivity contribution in [3.63, 3.8) is 0 Å². The number of carbonyl (C=O) groups is 3. The summed E-state index contributed by atoms with van der Waals surface area (Å²) in [4.78, 5) is 44.9. The van der Waals surface area contributed by atoms with E-state index in [9.17, 15) is 14.4 Å². The minimum absolute atomic E-state index is 0.0184. The monoisotopic (exact) mass is 419 g/mol. The Morgan fingerprint density at radius 1 is 1.13 bits per heavy atom. The average Bonchev–Trinajstić information content (AvgIpc) is 3.03. The summed E-state index contributed by atoms with van der Waals surface area (Å²) >= 11 is 0. The van der Waals surface area contributed by atoms with Crippen LogP contribution in [-0.4, -0.2) is 40.9 Å². The molecule has 6 heteroatoms. The zero-order chi connectivity index (χ0) is 22.5. The molecule has 0 radical (unpaired) electrons. The minimum Gasteiger partial charge on any atom is -0.308 e. The molecule has 3 amide bonds. The molecule has 31 heavy (non-hydrogen) atoms. The molecule has 2 aliphatic rings. The fourth-order valence-electron chi connectivity index (χ4n) is 4.83. The van der Waals surface area contributed by atoms with Crippen molar-refractivity contribution in [2.45, 2.75) is 59.2 Å². The number of anilines is 2. The lowest BCUT2D eigenvalue weighted by atomic mass is 9.98. The molecule has 1 atom stereocenters. The van der Waals surface area contributed by atoms with E-state index in [2.05, 4.69) is 0 Å². The van der Waals surface area contributed by atoms with Crippen molar-refractivity contribution in [1.29, 1.82) is 0 Å². The van der Waals surface area contributed by atoms with Gasteiger partial charge in [-0.25, -0.2) is 0 Å². The third-order valence-corrected chi connectivity index (χ3v) is 6.45. The zero-order valence-corrected chi connectivity index (χ0v) is 18.8. The summed E-state index contributed by atoms with van der Waals surface area (Å²) in [6.07, 6.45) is 0.859. The van der Waals surface area contributed by atoms with E-state index in [0.717, 1.165) is 16.8 Å². The van der Waals surface area contributed by atoms with Gasteiger partial charge in [-0.15, -0.1) is 0 Å². The van der Waals surface area contributed by atoms with E-state index < -0.39 is 5.66 Å². The molecule has 162 valence electrons. The van der Waals surface area contributed by atoms with Crippen molar-refractivity contribution in [3.05, 3.63) is 59.2 Å². The lowest BCUT2D eigenvalue weighted by Gasteiger charge is -2.48. The number of benzene rings is 2. The molecule has 0 saturated carbocycles. The van der Waals surface area contributed by atoms with Gasteiger partial charge in [-0.3, -0.25) is 19.3 Å². The van der Waals surface area contributed by atoms with Crippen LogP contribution >= 0.6 is 0 Å². The van der Waals surface area contributed by atoms with Crippen LogP contribution in [0.4, 0.5) is 11.4 Å². The minimum atomic E-state index is -0.845. The van der Waals surface area contributed by atoms with Crippen LogP contribution in [0.5, 0.6) is 0 Å². The highest BCUT2D eigenvalue weighted by Gasteiger charge is 2.53. The summed E-state index contributed by atoms with van der Waals surface area (Å²) in [5, 5.41) is 0. The van der Waals surface area contributed by atoms with Crippen LogP contribution in [0.1, 0.15) is 55.1 Å². The summed E-state index contributed by atoms with van der Waals surface area (Å²) in [6, 6.07) is 13.1. The SMILES string of the molecule is Cc1ccc(C)c(N(C(=O)CN2C(=O)c3ccccc3N3C(=O)CCC23C)C(C)C)c1. The first-order valence-electron chi connectivity index (χ1n) is 10.8. The van der Waals surface area contributed by atoms with Gasteiger partial charge in [-0.2, -0.15) is 0 Å². The Balaban J connectivity index is 1.74. The summed E-state index contributed by atoms with van der Waals surface area (Å²) in [7, 11) is 0. The molecule has 2 aromatic carbocycles. The molecular formula is C25H29N3O3. The van der Waals surface area contributed by atoms with Gasteiger partial charge in [-0.05, 0) is 70.4 Å². The number of hydrogen-bond acceptors (Lipinski definition) is 3. The van der Waals surface area contributed by atoms with E-state index in [1.54, 1.807) is 26.8 Å². The third-order valence-electron chi connectivity index (χ3n) is 6.45. The molecular weight excluding hydrogens is 390 g/mol. The van der Waals surface area contributed by atoms with Gasteiger partial charge in [0.05, 0.1) is 11.3 Å². The van der Waals surface area contributed by atoms with Crippen molar-refractivity contribution in [2.24, 2.45) is 0 Å². The Hall–Kier alpha value is -3.15. The summed E-state index contributed by atoms with van der Waals surface area (Å²) in [5.74, 6) is -0.380. The van der Waals surface area contributed by atoms with Crippen molar-refractivity contribution in [3.8, 4) is 0 Å². The maximum Gasteiger partial charge on any atom is 0.258 e. The molecule has 4 rings (SSSR count). The second-order valence-corrected chi connectivity index (χ2v) is 9.00. The molecule has 2 aliphatic heterocycles. The van der Waals surface area contributed by atoms with Crippen LogP contribution in [0, 0.1) is 13.8 Å². The van der Waals surface area contributed by atoms with Crippen LogP contribution in [0.25, 0.3) is 0 Å². The topological polar surface area (TPSA) is 60.9 Å². The molecule has 1 fully saturated rings. The quantitative estimate of drug-likeness (QED) is 0.751. The molecule has 0 aliphatic carbocycles. The van der Waals surface area contributed by atoms with E-state index in [4.69, 9.17) is 0 Å². The second kappa shape index (κ2) is 7.52. The van der Waals surface area contributed by atoms with E-state index in [1.165, 1.54) is 0 Å². The smallest absolute Gasteiger partial charge is 0.258 e. The van der Waals surface area contributed by atoms with Crippen LogP contribution in [0.3, 0.4) is 0 Å². The van der Waals surface area contributed by atoms with E-state index in [0.29, 0.717) is 24.1 Å².